The Bertz CT molecular complexity index is 562. The number of thioether (sulfide) groups is 1. The molecule has 0 heterocycles. The summed E-state index contributed by atoms with van der Waals surface area (Å²) in [5.74, 6) is 0.909. The molecule has 0 saturated carbocycles. The zero-order chi connectivity index (χ0) is 15.3. The molecule has 0 aliphatic carbocycles. The Hall–Kier alpha value is -0.270. The summed E-state index contributed by atoms with van der Waals surface area (Å²) in [6, 6.07) is 3.05. The highest BCUT2D eigenvalue weighted by Gasteiger charge is 2.21. The summed E-state index contributed by atoms with van der Waals surface area (Å²) in [5.41, 5.74) is 7.02. The Labute approximate surface area is 130 Å². The summed E-state index contributed by atoms with van der Waals surface area (Å²) >= 11 is 7.67. The van der Waals surface area contributed by atoms with Gasteiger partial charge in [0.1, 0.15) is 0 Å². The molecule has 0 amide bonds. The molecule has 114 valence electrons. The minimum absolute atomic E-state index is 0.118. The fourth-order valence-corrected chi connectivity index (χ4v) is 4.37. The number of benzene rings is 1. The van der Waals surface area contributed by atoms with Crippen molar-refractivity contribution in [1.82, 2.24) is 4.72 Å². The van der Waals surface area contributed by atoms with Gasteiger partial charge in [-0.1, -0.05) is 11.6 Å². The molecule has 0 aliphatic heterocycles. The van der Waals surface area contributed by atoms with Crippen molar-refractivity contribution < 1.29 is 8.42 Å². The van der Waals surface area contributed by atoms with Crippen molar-refractivity contribution in [1.29, 1.82) is 0 Å². The Balaban J connectivity index is 3.06. The van der Waals surface area contributed by atoms with Crippen molar-refractivity contribution in [3.63, 3.8) is 0 Å². The number of nitrogens with one attached hydrogen (secondary N) is 1. The standard InChI is InChI=1S/C13H21ClN2O2S2/c1-9(4-5-19-3)16-20(17,18)13-7-12(14)6-11(8-15)10(13)2/h6-7,9,16H,4-5,8,15H2,1-3H3. The molecule has 4 nitrogen and oxygen atoms in total. The first-order valence-corrected chi connectivity index (χ1v) is 9.57. The van der Waals surface area contributed by atoms with Crippen molar-refractivity contribution in [2.75, 3.05) is 12.0 Å². The Morgan fingerprint density at radius 3 is 2.65 bits per heavy atom. The van der Waals surface area contributed by atoms with E-state index in [1.54, 1.807) is 24.8 Å². The third kappa shape index (κ3) is 4.63. The van der Waals surface area contributed by atoms with Crippen molar-refractivity contribution in [2.45, 2.75) is 37.8 Å². The Kier molecular flexibility index (Phi) is 6.81. The highest BCUT2D eigenvalue weighted by atomic mass is 35.5. The number of rotatable bonds is 7. The van der Waals surface area contributed by atoms with E-state index in [1.807, 2.05) is 13.2 Å². The van der Waals surface area contributed by atoms with Gasteiger partial charge in [-0.15, -0.1) is 0 Å². The molecular weight excluding hydrogens is 316 g/mol. The number of hydrogen-bond acceptors (Lipinski definition) is 4. The third-order valence-corrected chi connectivity index (χ3v) is 5.63. The first-order chi connectivity index (χ1) is 9.31. The third-order valence-electron chi connectivity index (χ3n) is 3.05. The molecule has 0 fully saturated rings. The fraction of sp³-hybridized carbons (Fsp3) is 0.538. The highest BCUT2D eigenvalue weighted by Crippen LogP contribution is 2.24. The number of sulfonamides is 1. The molecule has 0 aromatic heterocycles. The summed E-state index contributed by atoms with van der Waals surface area (Å²) in [6.07, 6.45) is 2.78. The van der Waals surface area contributed by atoms with E-state index in [1.165, 1.54) is 6.07 Å². The highest BCUT2D eigenvalue weighted by molar-refractivity contribution is 7.98. The van der Waals surface area contributed by atoms with E-state index in [0.29, 0.717) is 10.6 Å². The molecule has 0 saturated heterocycles. The van der Waals surface area contributed by atoms with Crippen molar-refractivity contribution in [2.24, 2.45) is 5.73 Å². The molecule has 1 aromatic carbocycles. The van der Waals surface area contributed by atoms with Crippen molar-refractivity contribution in [3.8, 4) is 0 Å². The normalized spacial score (nSPS) is 13.4. The van der Waals surface area contributed by atoms with Gasteiger partial charge in [-0.2, -0.15) is 11.8 Å². The second-order valence-electron chi connectivity index (χ2n) is 4.70. The van der Waals surface area contributed by atoms with E-state index in [-0.39, 0.29) is 17.5 Å². The molecule has 1 aromatic rings. The molecule has 0 radical (unpaired) electrons. The molecule has 1 atom stereocenters. The predicted octanol–water partition coefficient (Wildman–Crippen LogP) is 2.53. The smallest absolute Gasteiger partial charge is 0.241 e. The lowest BCUT2D eigenvalue weighted by Crippen LogP contribution is -2.33. The minimum Gasteiger partial charge on any atom is -0.326 e. The van der Waals surface area contributed by atoms with Crippen LogP contribution < -0.4 is 10.5 Å². The maximum atomic E-state index is 12.4. The predicted molar refractivity (Wildman–Crippen MR) is 86.9 cm³/mol. The van der Waals surface area contributed by atoms with E-state index in [9.17, 15) is 8.42 Å². The Morgan fingerprint density at radius 2 is 2.10 bits per heavy atom. The van der Waals surface area contributed by atoms with Crippen LogP contribution in [-0.4, -0.2) is 26.5 Å². The first kappa shape index (κ1) is 17.8. The maximum absolute atomic E-state index is 12.4. The van der Waals surface area contributed by atoms with Gasteiger partial charge in [0.15, 0.2) is 0 Å². The fourth-order valence-electron chi connectivity index (χ4n) is 1.88. The van der Waals surface area contributed by atoms with Crippen LogP contribution in [-0.2, 0) is 16.6 Å². The van der Waals surface area contributed by atoms with Gasteiger partial charge in [0.25, 0.3) is 0 Å². The van der Waals surface area contributed by atoms with Crippen LogP contribution >= 0.6 is 23.4 Å². The van der Waals surface area contributed by atoms with Crippen molar-refractivity contribution in [3.05, 3.63) is 28.3 Å². The topological polar surface area (TPSA) is 72.2 Å². The minimum atomic E-state index is -3.57. The maximum Gasteiger partial charge on any atom is 0.241 e. The van der Waals surface area contributed by atoms with Crippen LogP contribution in [0.25, 0.3) is 0 Å². The summed E-state index contributed by atoms with van der Waals surface area (Å²) in [6.45, 7) is 3.87. The summed E-state index contributed by atoms with van der Waals surface area (Å²) in [7, 11) is -3.57. The summed E-state index contributed by atoms with van der Waals surface area (Å²) in [5, 5.41) is 0.383. The van der Waals surface area contributed by atoms with Crippen LogP contribution in [0.15, 0.2) is 17.0 Å². The molecular formula is C13H21ClN2O2S2. The molecule has 3 N–H and O–H groups in total. The number of halogens is 1. The van der Waals surface area contributed by atoms with E-state index < -0.39 is 10.0 Å². The second-order valence-corrected chi connectivity index (χ2v) is 7.80. The van der Waals surface area contributed by atoms with Gasteiger partial charge >= 0.3 is 0 Å². The van der Waals surface area contributed by atoms with Gasteiger partial charge in [0, 0.05) is 17.6 Å². The van der Waals surface area contributed by atoms with Crippen LogP contribution in [0.4, 0.5) is 0 Å². The first-order valence-electron chi connectivity index (χ1n) is 6.32. The number of hydrogen-bond donors (Lipinski definition) is 2. The lowest BCUT2D eigenvalue weighted by atomic mass is 10.1. The molecule has 0 aliphatic rings. The van der Waals surface area contributed by atoms with Gasteiger partial charge in [0.2, 0.25) is 10.0 Å². The van der Waals surface area contributed by atoms with Crippen LogP contribution in [0.2, 0.25) is 5.02 Å². The molecule has 1 unspecified atom stereocenters. The number of nitrogens with two attached hydrogens (primary N) is 1. The van der Waals surface area contributed by atoms with E-state index in [0.717, 1.165) is 17.7 Å². The molecule has 7 heteroatoms. The lowest BCUT2D eigenvalue weighted by Gasteiger charge is -2.16. The second kappa shape index (κ2) is 7.66. The van der Waals surface area contributed by atoms with Gasteiger partial charge in [0.05, 0.1) is 4.90 Å². The van der Waals surface area contributed by atoms with E-state index in [2.05, 4.69) is 4.72 Å². The average molecular weight is 337 g/mol. The van der Waals surface area contributed by atoms with Gasteiger partial charge < -0.3 is 5.73 Å². The monoisotopic (exact) mass is 336 g/mol. The van der Waals surface area contributed by atoms with E-state index >= 15 is 0 Å². The van der Waals surface area contributed by atoms with Crippen LogP contribution in [0.1, 0.15) is 24.5 Å². The van der Waals surface area contributed by atoms with Gasteiger partial charge in [-0.3, -0.25) is 0 Å². The van der Waals surface area contributed by atoms with Crippen LogP contribution in [0.3, 0.4) is 0 Å². The van der Waals surface area contributed by atoms with Crippen molar-refractivity contribution >= 4 is 33.4 Å². The summed E-state index contributed by atoms with van der Waals surface area (Å²) < 4.78 is 27.5. The zero-order valence-electron chi connectivity index (χ0n) is 11.9. The van der Waals surface area contributed by atoms with Gasteiger partial charge in [-0.25, -0.2) is 13.1 Å². The average Bonchev–Trinajstić information content (AvgIpc) is 2.37. The quantitative estimate of drug-likeness (QED) is 0.802. The SMILES string of the molecule is CSCCC(C)NS(=O)(=O)c1cc(Cl)cc(CN)c1C. The molecule has 1 rings (SSSR count). The van der Waals surface area contributed by atoms with Crippen LogP contribution in [0.5, 0.6) is 0 Å². The Morgan fingerprint density at radius 1 is 1.45 bits per heavy atom. The zero-order valence-corrected chi connectivity index (χ0v) is 14.3. The summed E-state index contributed by atoms with van der Waals surface area (Å²) in [4.78, 5) is 0.210. The van der Waals surface area contributed by atoms with E-state index in [4.69, 9.17) is 17.3 Å². The molecule has 0 bridgehead atoms. The molecule has 20 heavy (non-hydrogen) atoms. The van der Waals surface area contributed by atoms with Gasteiger partial charge in [-0.05, 0) is 55.5 Å². The lowest BCUT2D eigenvalue weighted by molar-refractivity contribution is 0.556. The largest absolute Gasteiger partial charge is 0.326 e. The molecule has 0 spiro atoms. The van der Waals surface area contributed by atoms with Crippen LogP contribution in [0, 0.1) is 6.92 Å².